The minimum absolute atomic E-state index is 0.203. The minimum Gasteiger partial charge on any atom is -0.418 e. The molecule has 28 heavy (non-hydrogen) atoms. The number of hydrogen-bond donors (Lipinski definition) is 1. The Balaban J connectivity index is 1.70. The number of nitrogens with one attached hydrogen (secondary N) is 1. The molecule has 7 heteroatoms. The van der Waals surface area contributed by atoms with Crippen molar-refractivity contribution in [2.45, 2.75) is 6.04 Å². The molecular weight excluding hydrogens is 384 g/mol. The van der Waals surface area contributed by atoms with Crippen molar-refractivity contribution >= 4 is 17.3 Å². The second kappa shape index (κ2) is 7.78. The van der Waals surface area contributed by atoms with Crippen LogP contribution in [0.5, 0.6) is 0 Å². The Morgan fingerprint density at radius 1 is 0.857 bits per heavy atom. The van der Waals surface area contributed by atoms with E-state index in [0.717, 1.165) is 5.56 Å². The maximum Gasteiger partial charge on any atom is 0.247 e. The highest BCUT2D eigenvalue weighted by Crippen LogP contribution is 2.29. The van der Waals surface area contributed by atoms with E-state index in [4.69, 9.17) is 16.0 Å². The van der Waals surface area contributed by atoms with Gasteiger partial charge in [0.05, 0.1) is 0 Å². The lowest BCUT2D eigenvalue weighted by Crippen LogP contribution is -2.13. The molecule has 0 amide bonds. The third kappa shape index (κ3) is 4.02. The summed E-state index contributed by atoms with van der Waals surface area (Å²) in [6.07, 6.45) is 0. The number of rotatable bonds is 5. The van der Waals surface area contributed by atoms with Crippen LogP contribution in [0.25, 0.3) is 11.5 Å². The number of halogens is 3. The van der Waals surface area contributed by atoms with Gasteiger partial charge in [-0.15, -0.1) is 10.2 Å². The summed E-state index contributed by atoms with van der Waals surface area (Å²) in [4.78, 5) is 0. The maximum atomic E-state index is 13.5. The molecule has 0 bridgehead atoms. The molecule has 1 aromatic heterocycles. The zero-order chi connectivity index (χ0) is 19.5. The molecule has 0 spiro atoms. The largest absolute Gasteiger partial charge is 0.418 e. The zero-order valence-electron chi connectivity index (χ0n) is 14.4. The van der Waals surface area contributed by atoms with E-state index in [1.165, 1.54) is 24.3 Å². The molecule has 0 saturated heterocycles. The zero-order valence-corrected chi connectivity index (χ0v) is 15.2. The van der Waals surface area contributed by atoms with Crippen molar-refractivity contribution in [2.75, 3.05) is 5.32 Å². The van der Waals surface area contributed by atoms with Crippen LogP contribution in [0, 0.1) is 11.6 Å². The summed E-state index contributed by atoms with van der Waals surface area (Å²) >= 11 is 5.99. The van der Waals surface area contributed by atoms with Crippen molar-refractivity contribution in [3.63, 3.8) is 0 Å². The van der Waals surface area contributed by atoms with Crippen LogP contribution in [-0.4, -0.2) is 10.2 Å². The molecule has 1 N–H and O–H groups in total. The molecule has 0 saturated carbocycles. The van der Waals surface area contributed by atoms with Gasteiger partial charge in [-0.3, -0.25) is 0 Å². The molecule has 1 unspecified atom stereocenters. The Kier molecular flexibility index (Phi) is 5.04. The highest BCUT2D eigenvalue weighted by atomic mass is 35.5. The topological polar surface area (TPSA) is 51.0 Å². The Hall–Kier alpha value is -3.25. The molecular formula is C21H14ClF2N3O. The van der Waals surface area contributed by atoms with E-state index in [9.17, 15) is 8.78 Å². The quantitative estimate of drug-likeness (QED) is 0.457. The Morgan fingerprint density at radius 2 is 1.61 bits per heavy atom. The first-order chi connectivity index (χ1) is 13.6. The first-order valence-electron chi connectivity index (χ1n) is 8.45. The van der Waals surface area contributed by atoms with E-state index in [2.05, 4.69) is 15.5 Å². The Bertz CT molecular complexity index is 1080. The van der Waals surface area contributed by atoms with Crippen LogP contribution in [0.1, 0.15) is 17.5 Å². The van der Waals surface area contributed by atoms with Crippen LogP contribution in [-0.2, 0) is 0 Å². The lowest BCUT2D eigenvalue weighted by Gasteiger charge is -2.17. The summed E-state index contributed by atoms with van der Waals surface area (Å²) in [7, 11) is 0. The van der Waals surface area contributed by atoms with Crippen molar-refractivity contribution in [1.82, 2.24) is 10.2 Å². The fraction of sp³-hybridized carbons (Fsp3) is 0.0476. The SMILES string of the molecule is Fc1ccc(NC(c2ccc(Cl)cc2)c2nnc(-c3cccc(F)c3)o2)cc1. The molecule has 1 heterocycles. The van der Waals surface area contributed by atoms with Gasteiger partial charge < -0.3 is 9.73 Å². The van der Waals surface area contributed by atoms with Gasteiger partial charge in [0, 0.05) is 16.3 Å². The summed E-state index contributed by atoms with van der Waals surface area (Å²) in [5, 5.41) is 12.0. The fourth-order valence-electron chi connectivity index (χ4n) is 2.75. The van der Waals surface area contributed by atoms with Gasteiger partial charge in [0.15, 0.2) is 0 Å². The van der Waals surface area contributed by atoms with E-state index in [1.807, 2.05) is 12.1 Å². The van der Waals surface area contributed by atoms with Gasteiger partial charge in [0.25, 0.3) is 0 Å². The average Bonchev–Trinajstić information content (AvgIpc) is 3.18. The van der Waals surface area contributed by atoms with Gasteiger partial charge in [-0.1, -0.05) is 29.8 Å². The van der Waals surface area contributed by atoms with Crippen molar-refractivity contribution in [2.24, 2.45) is 0 Å². The average molecular weight is 398 g/mol. The summed E-state index contributed by atoms with van der Waals surface area (Å²) in [5.41, 5.74) is 1.98. The number of hydrogen-bond acceptors (Lipinski definition) is 4. The maximum absolute atomic E-state index is 13.5. The number of aromatic nitrogens is 2. The number of nitrogens with zero attached hydrogens (tertiary/aromatic N) is 2. The molecule has 4 aromatic rings. The van der Waals surface area contributed by atoms with Crippen LogP contribution < -0.4 is 5.32 Å². The summed E-state index contributed by atoms with van der Waals surface area (Å²) < 4.78 is 32.5. The lowest BCUT2D eigenvalue weighted by molar-refractivity contribution is 0.493. The van der Waals surface area contributed by atoms with Crippen molar-refractivity contribution in [3.8, 4) is 11.5 Å². The van der Waals surface area contributed by atoms with E-state index in [0.29, 0.717) is 16.3 Å². The van der Waals surface area contributed by atoms with Crippen LogP contribution in [0.2, 0.25) is 5.02 Å². The fourth-order valence-corrected chi connectivity index (χ4v) is 2.87. The van der Waals surface area contributed by atoms with Crippen molar-refractivity contribution in [3.05, 3.63) is 101 Å². The number of anilines is 1. The van der Waals surface area contributed by atoms with Crippen LogP contribution in [0.3, 0.4) is 0 Å². The highest BCUT2D eigenvalue weighted by Gasteiger charge is 2.22. The molecule has 0 aliphatic carbocycles. The smallest absolute Gasteiger partial charge is 0.247 e. The summed E-state index contributed by atoms with van der Waals surface area (Å²) in [6.45, 7) is 0. The Labute approximate surface area is 164 Å². The molecule has 0 aliphatic heterocycles. The third-order valence-electron chi connectivity index (χ3n) is 4.12. The Morgan fingerprint density at radius 3 is 2.32 bits per heavy atom. The minimum atomic E-state index is -0.502. The highest BCUT2D eigenvalue weighted by molar-refractivity contribution is 6.30. The first-order valence-corrected chi connectivity index (χ1v) is 8.83. The first kappa shape index (κ1) is 18.1. The normalized spacial score (nSPS) is 12.0. The molecule has 0 aliphatic rings. The second-order valence-corrected chi connectivity index (χ2v) is 6.53. The van der Waals surface area contributed by atoms with Gasteiger partial charge in [-0.25, -0.2) is 8.78 Å². The van der Waals surface area contributed by atoms with Gasteiger partial charge in [0.2, 0.25) is 11.8 Å². The van der Waals surface area contributed by atoms with Crippen LogP contribution >= 0.6 is 11.6 Å². The summed E-state index contributed by atoms with van der Waals surface area (Å²) in [6, 6.07) is 18.5. The summed E-state index contributed by atoms with van der Waals surface area (Å²) in [5.74, 6) is -0.240. The van der Waals surface area contributed by atoms with E-state index < -0.39 is 11.9 Å². The molecule has 140 valence electrons. The monoisotopic (exact) mass is 397 g/mol. The van der Waals surface area contributed by atoms with Crippen LogP contribution in [0.4, 0.5) is 14.5 Å². The molecule has 4 nitrogen and oxygen atoms in total. The van der Waals surface area contributed by atoms with E-state index >= 15 is 0 Å². The predicted molar refractivity (Wildman–Crippen MR) is 103 cm³/mol. The molecule has 3 aromatic carbocycles. The van der Waals surface area contributed by atoms with Crippen molar-refractivity contribution < 1.29 is 13.2 Å². The predicted octanol–water partition coefficient (Wildman–Crippen LogP) is 5.87. The van der Waals surface area contributed by atoms with E-state index in [1.54, 1.807) is 36.4 Å². The second-order valence-electron chi connectivity index (χ2n) is 6.09. The van der Waals surface area contributed by atoms with Gasteiger partial charge in [0.1, 0.15) is 17.7 Å². The third-order valence-corrected chi connectivity index (χ3v) is 4.37. The van der Waals surface area contributed by atoms with Crippen molar-refractivity contribution in [1.29, 1.82) is 0 Å². The van der Waals surface area contributed by atoms with Gasteiger partial charge >= 0.3 is 0 Å². The molecule has 0 radical (unpaired) electrons. The standard InChI is InChI=1S/C21H14ClF2N3O/c22-15-6-4-13(5-7-15)19(25-18-10-8-16(23)9-11-18)21-27-26-20(28-21)14-2-1-3-17(24)12-14/h1-12,19,25H. The van der Waals surface area contributed by atoms with Gasteiger partial charge in [-0.05, 0) is 60.2 Å². The van der Waals surface area contributed by atoms with Gasteiger partial charge in [-0.2, -0.15) is 0 Å². The van der Waals surface area contributed by atoms with Crippen LogP contribution in [0.15, 0.2) is 77.2 Å². The lowest BCUT2D eigenvalue weighted by atomic mass is 10.1. The molecule has 4 rings (SSSR count). The molecule has 0 fully saturated rings. The van der Waals surface area contributed by atoms with E-state index in [-0.39, 0.29) is 17.6 Å². The molecule has 1 atom stereocenters. The number of benzene rings is 3.